The number of allylic oxidation sites excluding steroid dienone is 2. The number of ether oxygens (including phenoxy) is 1. The molecule has 9 heteroatoms. The van der Waals surface area contributed by atoms with Gasteiger partial charge in [0.25, 0.3) is 0 Å². The minimum atomic E-state index is -0.214. The molecule has 0 radical (unpaired) electrons. The van der Waals surface area contributed by atoms with Crippen molar-refractivity contribution in [3.8, 4) is 5.75 Å². The Labute approximate surface area is 204 Å². The summed E-state index contributed by atoms with van der Waals surface area (Å²) in [4.78, 5) is 44.5. The number of imide groups is 1. The van der Waals surface area contributed by atoms with E-state index in [9.17, 15) is 14.4 Å². The Morgan fingerprint density at radius 1 is 1.15 bits per heavy atom. The molecule has 7 nitrogen and oxygen atoms in total. The van der Waals surface area contributed by atoms with E-state index in [0.29, 0.717) is 17.1 Å². The molecule has 1 aliphatic heterocycles. The van der Waals surface area contributed by atoms with Crippen LogP contribution in [-0.2, 0) is 14.4 Å². The van der Waals surface area contributed by atoms with Crippen LogP contribution in [-0.4, -0.2) is 35.6 Å². The van der Waals surface area contributed by atoms with Crippen LogP contribution in [0.25, 0.3) is 10.2 Å². The van der Waals surface area contributed by atoms with E-state index in [-0.39, 0.29) is 47.1 Å². The predicted octanol–water partition coefficient (Wildman–Crippen LogP) is 4.35. The summed E-state index contributed by atoms with van der Waals surface area (Å²) >= 11 is 2.81. The van der Waals surface area contributed by atoms with Gasteiger partial charge >= 0.3 is 0 Å². The summed E-state index contributed by atoms with van der Waals surface area (Å²) in [5, 5.41) is 2.86. The third kappa shape index (κ3) is 3.50. The van der Waals surface area contributed by atoms with Gasteiger partial charge < -0.3 is 10.1 Å². The summed E-state index contributed by atoms with van der Waals surface area (Å²) in [5.74, 6) is 0.536. The zero-order valence-corrected chi connectivity index (χ0v) is 19.9. The normalized spacial score (nSPS) is 24.8. The second-order valence-corrected chi connectivity index (χ2v) is 11.0. The van der Waals surface area contributed by atoms with Crippen LogP contribution in [0.5, 0.6) is 5.75 Å². The van der Waals surface area contributed by atoms with Gasteiger partial charge in [0, 0.05) is 11.8 Å². The lowest BCUT2D eigenvalue weighted by Crippen LogP contribution is -2.32. The van der Waals surface area contributed by atoms with Gasteiger partial charge in [0.05, 0.1) is 40.6 Å². The van der Waals surface area contributed by atoms with Crippen molar-refractivity contribution in [3.05, 3.63) is 54.6 Å². The maximum Gasteiger partial charge on any atom is 0.238 e. The summed E-state index contributed by atoms with van der Waals surface area (Å²) in [6.07, 6.45) is 5.11. The van der Waals surface area contributed by atoms with E-state index >= 15 is 0 Å². The van der Waals surface area contributed by atoms with Gasteiger partial charge in [-0.2, -0.15) is 0 Å². The quantitative estimate of drug-likeness (QED) is 0.313. The van der Waals surface area contributed by atoms with Crippen LogP contribution in [0.1, 0.15) is 6.42 Å². The molecule has 0 spiro atoms. The maximum atomic E-state index is 13.1. The van der Waals surface area contributed by atoms with Gasteiger partial charge in [0.2, 0.25) is 17.7 Å². The number of methoxy groups -OCH3 is 1. The number of benzene rings is 2. The molecule has 1 saturated heterocycles. The molecule has 172 valence electrons. The van der Waals surface area contributed by atoms with E-state index in [1.807, 2.05) is 24.3 Å². The average Bonchev–Trinajstić information content (AvgIpc) is 3.60. The molecule has 34 heavy (non-hydrogen) atoms. The molecule has 4 atom stereocenters. The van der Waals surface area contributed by atoms with Crippen LogP contribution in [0.3, 0.4) is 0 Å². The fraction of sp³-hybridized carbons (Fsp3) is 0.280. The first-order chi connectivity index (χ1) is 16.5. The number of thiazole rings is 1. The number of carbonyl (C=O) groups excluding carboxylic acids is 3. The Hall–Kier alpha value is -3.17. The molecule has 0 unspecified atom stereocenters. The van der Waals surface area contributed by atoms with Gasteiger partial charge in [0.15, 0.2) is 4.34 Å². The highest BCUT2D eigenvalue weighted by molar-refractivity contribution is 8.01. The Balaban J connectivity index is 1.15. The Morgan fingerprint density at radius 2 is 1.91 bits per heavy atom. The second-order valence-electron chi connectivity index (χ2n) is 8.71. The molecule has 2 aromatic carbocycles. The molecule has 1 saturated carbocycles. The van der Waals surface area contributed by atoms with Gasteiger partial charge in [-0.1, -0.05) is 30.0 Å². The third-order valence-electron chi connectivity index (χ3n) is 6.76. The number of amides is 3. The number of hydrogen-bond acceptors (Lipinski definition) is 7. The van der Waals surface area contributed by atoms with Crippen molar-refractivity contribution in [2.75, 3.05) is 23.1 Å². The lowest BCUT2D eigenvalue weighted by Gasteiger charge is -2.17. The van der Waals surface area contributed by atoms with Gasteiger partial charge in [-0.3, -0.25) is 14.4 Å². The molecule has 3 aromatic rings. The van der Waals surface area contributed by atoms with E-state index in [4.69, 9.17) is 4.74 Å². The second kappa shape index (κ2) is 8.25. The number of hydrogen-bond donors (Lipinski definition) is 1. The van der Waals surface area contributed by atoms with Crippen LogP contribution >= 0.6 is 23.1 Å². The van der Waals surface area contributed by atoms with E-state index in [2.05, 4.69) is 22.5 Å². The minimum Gasteiger partial charge on any atom is -0.497 e. The number of thioether (sulfide) groups is 1. The van der Waals surface area contributed by atoms with Crippen molar-refractivity contribution in [3.63, 3.8) is 0 Å². The highest BCUT2D eigenvalue weighted by Gasteiger charge is 2.59. The van der Waals surface area contributed by atoms with Gasteiger partial charge in [-0.25, -0.2) is 9.88 Å². The minimum absolute atomic E-state index is 0.0838. The maximum absolute atomic E-state index is 13.1. The molecule has 1 aromatic heterocycles. The number of fused-ring (bicyclic) bond motifs is 6. The van der Waals surface area contributed by atoms with Crippen LogP contribution in [0.15, 0.2) is 59.0 Å². The summed E-state index contributed by atoms with van der Waals surface area (Å²) in [7, 11) is 1.58. The number of aromatic nitrogens is 1. The lowest BCUT2D eigenvalue weighted by molar-refractivity contribution is -0.123. The Bertz CT molecular complexity index is 1340. The van der Waals surface area contributed by atoms with Crippen LogP contribution < -0.4 is 15.0 Å². The SMILES string of the molecule is COc1cccc(NC(=O)CSc2nc3ccc(N4C(=O)[C@H]5[C@H](C4=O)[C@H]4C=C[C@H]5C4)cc3s2)c1. The van der Waals surface area contributed by atoms with Crippen molar-refractivity contribution in [1.29, 1.82) is 0 Å². The third-order valence-corrected chi connectivity index (χ3v) is 8.92. The molecule has 6 rings (SSSR count). The molecule has 2 heterocycles. The smallest absolute Gasteiger partial charge is 0.238 e. The van der Waals surface area contributed by atoms with Crippen molar-refractivity contribution in [2.45, 2.75) is 10.8 Å². The summed E-state index contributed by atoms with van der Waals surface area (Å²) in [5.41, 5.74) is 2.06. The van der Waals surface area contributed by atoms with Crippen LogP contribution in [0, 0.1) is 23.7 Å². The number of carbonyl (C=O) groups is 3. The molecule has 2 aliphatic carbocycles. The van der Waals surface area contributed by atoms with Crippen molar-refractivity contribution in [2.24, 2.45) is 23.7 Å². The molecular weight excluding hydrogens is 470 g/mol. The predicted molar refractivity (Wildman–Crippen MR) is 132 cm³/mol. The van der Waals surface area contributed by atoms with Crippen LogP contribution in [0.2, 0.25) is 0 Å². The first-order valence-electron chi connectivity index (χ1n) is 11.1. The number of nitrogens with one attached hydrogen (secondary N) is 1. The number of anilines is 2. The van der Waals surface area contributed by atoms with Gasteiger partial charge in [-0.15, -0.1) is 11.3 Å². The highest BCUT2D eigenvalue weighted by atomic mass is 32.2. The molecule has 3 aliphatic rings. The number of nitrogens with zero attached hydrogens (tertiary/aromatic N) is 2. The van der Waals surface area contributed by atoms with Gasteiger partial charge in [0.1, 0.15) is 5.75 Å². The Kier molecular flexibility index (Phi) is 5.18. The standard InChI is InChI=1S/C25H21N3O4S2/c1-32-17-4-2-3-15(10-17)26-20(29)12-33-25-27-18-8-7-16(11-19(18)34-25)28-23(30)21-13-5-6-14(9-13)22(21)24(28)31/h2-8,10-11,13-14,21-22H,9,12H2,1H3,(H,26,29)/t13-,14-,21+,22+/m0/s1. The summed E-state index contributed by atoms with van der Waals surface area (Å²) in [6.45, 7) is 0. The molecule has 3 amide bonds. The summed E-state index contributed by atoms with van der Waals surface area (Å²) < 4.78 is 6.82. The first kappa shape index (κ1) is 21.4. The van der Waals surface area contributed by atoms with Crippen molar-refractivity contribution >= 4 is 62.4 Å². The Morgan fingerprint density at radius 3 is 2.65 bits per heavy atom. The summed E-state index contributed by atoms with van der Waals surface area (Å²) in [6, 6.07) is 12.7. The average molecular weight is 492 g/mol. The molecule has 2 fully saturated rings. The zero-order valence-electron chi connectivity index (χ0n) is 18.3. The zero-order chi connectivity index (χ0) is 23.4. The van der Waals surface area contributed by atoms with Crippen molar-refractivity contribution < 1.29 is 19.1 Å². The molecule has 1 N–H and O–H groups in total. The fourth-order valence-corrected chi connectivity index (χ4v) is 7.18. The van der Waals surface area contributed by atoms with Gasteiger partial charge in [-0.05, 0) is 48.6 Å². The highest BCUT2D eigenvalue weighted by Crippen LogP contribution is 2.53. The monoisotopic (exact) mass is 491 g/mol. The molecule has 2 bridgehead atoms. The lowest BCUT2D eigenvalue weighted by atomic mass is 9.85. The molecular formula is C25H21N3O4S2. The van der Waals surface area contributed by atoms with E-state index in [1.165, 1.54) is 28.0 Å². The van der Waals surface area contributed by atoms with Crippen LogP contribution in [0.4, 0.5) is 11.4 Å². The first-order valence-corrected chi connectivity index (χ1v) is 12.9. The fourth-order valence-electron chi connectivity index (χ4n) is 5.27. The number of rotatable bonds is 6. The largest absolute Gasteiger partial charge is 0.497 e. The van der Waals surface area contributed by atoms with E-state index in [1.54, 1.807) is 25.3 Å². The topological polar surface area (TPSA) is 88.6 Å². The van der Waals surface area contributed by atoms with E-state index < -0.39 is 0 Å². The van der Waals surface area contributed by atoms with Crippen molar-refractivity contribution in [1.82, 2.24) is 4.98 Å². The van der Waals surface area contributed by atoms with E-state index in [0.717, 1.165) is 21.0 Å².